The van der Waals surface area contributed by atoms with Crippen molar-refractivity contribution < 1.29 is 17.5 Å². The van der Waals surface area contributed by atoms with E-state index in [0.717, 1.165) is 13.0 Å². The molecule has 0 fully saturated rings. The van der Waals surface area contributed by atoms with Crippen LogP contribution in [-0.2, 0) is 23.1 Å². The molecule has 1 aromatic heterocycles. The van der Waals surface area contributed by atoms with Crippen molar-refractivity contribution >= 4 is 10.1 Å². The first-order valence-electron chi connectivity index (χ1n) is 5.27. The Balaban J connectivity index is 0.000000385. The Labute approximate surface area is 97.7 Å². The molecule has 0 aromatic carbocycles. The van der Waals surface area contributed by atoms with Crippen LogP contribution in [0.3, 0.4) is 0 Å². The zero-order valence-corrected chi connectivity index (χ0v) is 10.9. The van der Waals surface area contributed by atoms with Gasteiger partial charge < -0.3 is 0 Å². The molecule has 1 aromatic rings. The Morgan fingerprint density at radius 3 is 2.00 bits per heavy atom. The van der Waals surface area contributed by atoms with Crippen molar-refractivity contribution in [3.63, 3.8) is 0 Å². The number of nitrogens with zero attached hydrogens (tertiary/aromatic N) is 1. The average Bonchev–Trinajstić information content (AvgIpc) is 2.17. The molecular weight excluding hydrogens is 226 g/mol. The number of hydrogen-bond acceptors (Lipinski definition) is 2. The van der Waals surface area contributed by atoms with Crippen molar-refractivity contribution in [1.82, 2.24) is 0 Å². The molecule has 0 amide bonds. The average molecular weight is 246 g/mol. The lowest BCUT2D eigenvalue weighted by Gasteiger charge is -1.94. The topological polar surface area (TPSA) is 58.2 Å². The maximum absolute atomic E-state index is 9.19. The van der Waals surface area contributed by atoms with Gasteiger partial charge in [0.05, 0.1) is 6.26 Å². The lowest BCUT2D eigenvalue weighted by molar-refractivity contribution is -0.697. The molecule has 0 bridgehead atoms. The van der Waals surface area contributed by atoms with Crippen molar-refractivity contribution in [3.8, 4) is 0 Å². The fourth-order valence-corrected chi connectivity index (χ4v) is 1.13. The van der Waals surface area contributed by atoms with Gasteiger partial charge in [-0.2, -0.15) is 8.42 Å². The molecule has 5 heteroatoms. The van der Waals surface area contributed by atoms with Gasteiger partial charge in [-0.3, -0.25) is 4.55 Å². The Bertz CT molecular complexity index is 376. The van der Waals surface area contributed by atoms with Crippen LogP contribution in [-0.4, -0.2) is 19.2 Å². The van der Waals surface area contributed by atoms with Crippen molar-refractivity contribution in [2.45, 2.75) is 33.2 Å². The summed E-state index contributed by atoms with van der Waals surface area (Å²) < 4.78 is 28.1. The second-order valence-electron chi connectivity index (χ2n) is 3.53. The van der Waals surface area contributed by atoms with Gasteiger partial charge in [-0.05, 0) is 12.0 Å². The first-order chi connectivity index (χ1) is 7.36. The molecule has 92 valence electrons. The summed E-state index contributed by atoms with van der Waals surface area (Å²) in [6, 6.07) is 4.38. The van der Waals surface area contributed by atoms with Gasteiger partial charge in [0.2, 0.25) is 0 Å². The van der Waals surface area contributed by atoms with Gasteiger partial charge >= 0.3 is 0 Å². The van der Waals surface area contributed by atoms with Crippen molar-refractivity contribution in [3.05, 3.63) is 30.1 Å². The fourth-order valence-electron chi connectivity index (χ4n) is 1.13. The SMILES string of the molecule is CCC[n+]1ccc(CC)cc1.CS(=O)(=O)O. The molecule has 0 aliphatic heterocycles. The van der Waals surface area contributed by atoms with Crippen LogP contribution in [0.1, 0.15) is 25.8 Å². The van der Waals surface area contributed by atoms with E-state index in [1.165, 1.54) is 12.0 Å². The van der Waals surface area contributed by atoms with Crippen molar-refractivity contribution in [2.75, 3.05) is 6.26 Å². The van der Waals surface area contributed by atoms with Gasteiger partial charge in [0.25, 0.3) is 10.1 Å². The van der Waals surface area contributed by atoms with E-state index in [2.05, 4.69) is 42.9 Å². The third-order valence-electron chi connectivity index (χ3n) is 1.85. The maximum Gasteiger partial charge on any atom is 0.261 e. The summed E-state index contributed by atoms with van der Waals surface area (Å²) in [6.07, 6.45) is 7.36. The van der Waals surface area contributed by atoms with Gasteiger partial charge in [0.15, 0.2) is 12.4 Å². The van der Waals surface area contributed by atoms with E-state index < -0.39 is 10.1 Å². The Hall–Kier alpha value is -0.940. The van der Waals surface area contributed by atoms with Crippen molar-refractivity contribution in [1.29, 1.82) is 0 Å². The van der Waals surface area contributed by atoms with Gasteiger partial charge in [0, 0.05) is 18.6 Å². The summed E-state index contributed by atoms with van der Waals surface area (Å²) in [5.41, 5.74) is 1.41. The molecule has 1 heterocycles. The van der Waals surface area contributed by atoms with E-state index in [0.29, 0.717) is 6.26 Å². The third-order valence-corrected chi connectivity index (χ3v) is 1.85. The Morgan fingerprint density at radius 2 is 1.69 bits per heavy atom. The molecule has 1 rings (SSSR count). The molecule has 16 heavy (non-hydrogen) atoms. The second kappa shape index (κ2) is 7.35. The van der Waals surface area contributed by atoms with Gasteiger partial charge in [-0.25, -0.2) is 4.57 Å². The molecule has 0 saturated heterocycles. The normalized spacial score (nSPS) is 10.5. The molecule has 0 radical (unpaired) electrons. The lowest BCUT2D eigenvalue weighted by Crippen LogP contribution is -2.32. The summed E-state index contributed by atoms with van der Waals surface area (Å²) in [6.45, 7) is 5.50. The van der Waals surface area contributed by atoms with Gasteiger partial charge in [0.1, 0.15) is 6.54 Å². The summed E-state index contributed by atoms with van der Waals surface area (Å²) in [7, 11) is -3.67. The second-order valence-corrected chi connectivity index (χ2v) is 5.00. The maximum atomic E-state index is 9.19. The zero-order valence-electron chi connectivity index (χ0n) is 10.0. The van der Waals surface area contributed by atoms with Gasteiger partial charge in [-0.1, -0.05) is 13.8 Å². The molecule has 1 N–H and O–H groups in total. The molecule has 0 unspecified atom stereocenters. The minimum atomic E-state index is -3.67. The minimum Gasteiger partial charge on any atom is -0.286 e. The number of aryl methyl sites for hydroxylation is 2. The smallest absolute Gasteiger partial charge is 0.261 e. The number of rotatable bonds is 3. The highest BCUT2D eigenvalue weighted by Gasteiger charge is 1.96. The van der Waals surface area contributed by atoms with E-state index in [9.17, 15) is 8.42 Å². The van der Waals surface area contributed by atoms with Crippen LogP contribution in [0.25, 0.3) is 0 Å². The highest BCUT2D eigenvalue weighted by atomic mass is 32.2. The molecule has 0 saturated carbocycles. The summed E-state index contributed by atoms with van der Waals surface area (Å²) in [5, 5.41) is 0. The molecule has 0 aliphatic carbocycles. The van der Waals surface area contributed by atoms with E-state index in [1.54, 1.807) is 0 Å². The number of hydrogen-bond donors (Lipinski definition) is 1. The lowest BCUT2D eigenvalue weighted by atomic mass is 10.2. The first-order valence-corrected chi connectivity index (χ1v) is 7.12. The van der Waals surface area contributed by atoms with Gasteiger partial charge in [-0.15, -0.1) is 0 Å². The molecule has 0 aliphatic rings. The van der Waals surface area contributed by atoms with Crippen molar-refractivity contribution in [2.24, 2.45) is 0 Å². The van der Waals surface area contributed by atoms with E-state index in [-0.39, 0.29) is 0 Å². The van der Waals surface area contributed by atoms with E-state index >= 15 is 0 Å². The van der Waals surface area contributed by atoms with Crippen LogP contribution in [0.4, 0.5) is 0 Å². The molecular formula is C11H20NO3S+. The third kappa shape index (κ3) is 9.61. The zero-order chi connectivity index (χ0) is 12.6. The van der Waals surface area contributed by atoms with E-state index in [4.69, 9.17) is 4.55 Å². The fraction of sp³-hybridized carbons (Fsp3) is 0.545. The van der Waals surface area contributed by atoms with Crippen LogP contribution in [0.15, 0.2) is 24.5 Å². The standard InChI is InChI=1S/C10H16N.CH4O3S/c1-3-7-11-8-5-10(4-2)6-9-11;1-5(2,3)4/h5-6,8-9H,3-4,7H2,1-2H3;1H3,(H,2,3,4)/q+1;. The summed E-state index contributed by atoms with van der Waals surface area (Å²) in [5.74, 6) is 0. The monoisotopic (exact) mass is 246 g/mol. The predicted molar refractivity (Wildman–Crippen MR) is 63.8 cm³/mol. The van der Waals surface area contributed by atoms with E-state index in [1.807, 2.05) is 0 Å². The van der Waals surface area contributed by atoms with Crippen LogP contribution >= 0.6 is 0 Å². The molecule has 0 atom stereocenters. The Morgan fingerprint density at radius 1 is 1.25 bits per heavy atom. The highest BCUT2D eigenvalue weighted by Crippen LogP contribution is 1.94. The summed E-state index contributed by atoms with van der Waals surface area (Å²) in [4.78, 5) is 0. The largest absolute Gasteiger partial charge is 0.286 e. The van der Waals surface area contributed by atoms with Crippen LogP contribution < -0.4 is 4.57 Å². The first kappa shape index (κ1) is 15.1. The number of aromatic nitrogens is 1. The quantitative estimate of drug-likeness (QED) is 0.648. The molecule has 4 nitrogen and oxygen atoms in total. The number of pyridine rings is 1. The highest BCUT2D eigenvalue weighted by molar-refractivity contribution is 7.85. The predicted octanol–water partition coefficient (Wildman–Crippen LogP) is 1.45. The van der Waals surface area contributed by atoms with Crippen LogP contribution in [0.2, 0.25) is 0 Å². The van der Waals surface area contributed by atoms with Crippen LogP contribution in [0.5, 0.6) is 0 Å². The summed E-state index contributed by atoms with van der Waals surface area (Å²) >= 11 is 0. The molecule has 0 spiro atoms. The minimum absolute atomic E-state index is 0.715. The Kier molecular flexibility index (Phi) is 6.92. The van der Waals surface area contributed by atoms with Crippen LogP contribution in [0, 0.1) is 0 Å².